The quantitative estimate of drug-likeness (QED) is 0.677. The highest BCUT2D eigenvalue weighted by atomic mass is 16.3. The van der Waals surface area contributed by atoms with Gasteiger partial charge < -0.3 is 4.42 Å². The van der Waals surface area contributed by atoms with E-state index in [4.69, 9.17) is 4.42 Å². The topological polar surface area (TPSA) is 57.1 Å². The van der Waals surface area contributed by atoms with Crippen LogP contribution in [0, 0.1) is 0 Å². The van der Waals surface area contributed by atoms with Crippen LogP contribution in [0.3, 0.4) is 0 Å². The second-order valence-electron chi connectivity index (χ2n) is 4.97. The molecule has 1 aromatic carbocycles. The van der Waals surface area contributed by atoms with Gasteiger partial charge >= 0.3 is 5.69 Å². The van der Waals surface area contributed by atoms with E-state index in [1.807, 2.05) is 31.2 Å². The van der Waals surface area contributed by atoms with Gasteiger partial charge in [0.1, 0.15) is 11.8 Å². The van der Waals surface area contributed by atoms with Gasteiger partial charge in [-0.05, 0) is 12.5 Å². The van der Waals surface area contributed by atoms with E-state index in [0.717, 1.165) is 11.8 Å². The van der Waals surface area contributed by atoms with Gasteiger partial charge in [0, 0.05) is 24.3 Å². The van der Waals surface area contributed by atoms with E-state index in [1.54, 1.807) is 17.0 Å². The van der Waals surface area contributed by atoms with Crippen LogP contribution >= 0.6 is 0 Å². The van der Waals surface area contributed by atoms with Crippen molar-refractivity contribution < 1.29 is 9.21 Å². The van der Waals surface area contributed by atoms with Crippen molar-refractivity contribution in [2.75, 3.05) is 0 Å². The molecule has 2 heterocycles. The van der Waals surface area contributed by atoms with Crippen LogP contribution in [-0.2, 0) is 13.1 Å². The van der Waals surface area contributed by atoms with E-state index in [2.05, 4.69) is 0 Å². The standard InChI is InChI=1S/C16H16N2O3/c1-2-7-17-8-9-18(16(17)20)10-14(19)13-11-21-15-6-4-3-5-12(13)15/h3-6,8-9,11H,2,7,10H2,1H3. The number of benzene rings is 1. The van der Waals surface area contributed by atoms with Crippen LogP contribution in [0.1, 0.15) is 23.7 Å². The Morgan fingerprint density at radius 2 is 1.95 bits per heavy atom. The van der Waals surface area contributed by atoms with Crippen molar-refractivity contribution in [1.29, 1.82) is 0 Å². The number of para-hydroxylation sites is 1. The molecule has 5 nitrogen and oxygen atoms in total. The first-order chi connectivity index (χ1) is 10.2. The molecular weight excluding hydrogens is 268 g/mol. The lowest BCUT2D eigenvalue weighted by atomic mass is 10.1. The maximum Gasteiger partial charge on any atom is 0.328 e. The van der Waals surface area contributed by atoms with Crippen molar-refractivity contribution in [3.8, 4) is 0 Å². The summed E-state index contributed by atoms with van der Waals surface area (Å²) < 4.78 is 8.41. The summed E-state index contributed by atoms with van der Waals surface area (Å²) in [5, 5.41) is 0.781. The van der Waals surface area contributed by atoms with Crippen molar-refractivity contribution in [2.45, 2.75) is 26.4 Å². The summed E-state index contributed by atoms with van der Waals surface area (Å²) in [4.78, 5) is 24.5. The number of nitrogens with zero attached hydrogens (tertiary/aromatic N) is 2. The average molecular weight is 284 g/mol. The van der Waals surface area contributed by atoms with Crippen LogP contribution in [-0.4, -0.2) is 14.9 Å². The predicted octanol–water partition coefficient (Wildman–Crippen LogP) is 2.69. The van der Waals surface area contributed by atoms with E-state index < -0.39 is 0 Å². The van der Waals surface area contributed by atoms with Gasteiger partial charge in [-0.1, -0.05) is 25.1 Å². The molecule has 5 heteroatoms. The molecule has 0 radical (unpaired) electrons. The highest BCUT2D eigenvalue weighted by Gasteiger charge is 2.15. The molecule has 0 atom stereocenters. The summed E-state index contributed by atoms with van der Waals surface area (Å²) in [6.45, 7) is 2.69. The number of carbonyl (C=O) groups is 1. The third kappa shape index (κ3) is 2.42. The molecule has 3 aromatic rings. The Kier molecular flexibility index (Phi) is 3.48. The smallest absolute Gasteiger partial charge is 0.328 e. The molecule has 0 aliphatic rings. The number of hydrogen-bond donors (Lipinski definition) is 0. The Morgan fingerprint density at radius 3 is 2.76 bits per heavy atom. The number of Topliss-reactive ketones (excluding diaryl/α,β-unsaturated/α-hetero) is 1. The van der Waals surface area contributed by atoms with Crippen molar-refractivity contribution in [2.24, 2.45) is 0 Å². The molecule has 0 saturated carbocycles. The summed E-state index contributed by atoms with van der Waals surface area (Å²) >= 11 is 0. The minimum absolute atomic E-state index is 0.0269. The number of aromatic nitrogens is 2. The van der Waals surface area contributed by atoms with E-state index in [0.29, 0.717) is 17.7 Å². The lowest BCUT2D eigenvalue weighted by molar-refractivity contribution is 0.0971. The Bertz CT molecular complexity index is 838. The number of fused-ring (bicyclic) bond motifs is 1. The van der Waals surface area contributed by atoms with Gasteiger partial charge in [-0.15, -0.1) is 0 Å². The second-order valence-corrected chi connectivity index (χ2v) is 4.97. The predicted molar refractivity (Wildman–Crippen MR) is 79.5 cm³/mol. The second kappa shape index (κ2) is 5.44. The summed E-state index contributed by atoms with van der Waals surface area (Å²) in [5.41, 5.74) is 1.04. The number of imidazole rings is 1. The van der Waals surface area contributed by atoms with Gasteiger partial charge in [0.15, 0.2) is 5.78 Å². The molecule has 3 rings (SSSR count). The third-order valence-corrected chi connectivity index (χ3v) is 3.48. The van der Waals surface area contributed by atoms with Crippen LogP contribution in [0.4, 0.5) is 0 Å². The minimum Gasteiger partial charge on any atom is -0.464 e. The number of rotatable bonds is 5. The molecule has 2 aromatic heterocycles. The average Bonchev–Trinajstić information content (AvgIpc) is 3.06. The van der Waals surface area contributed by atoms with Crippen LogP contribution in [0.5, 0.6) is 0 Å². The highest BCUT2D eigenvalue weighted by Crippen LogP contribution is 2.21. The van der Waals surface area contributed by atoms with Crippen molar-refractivity contribution in [1.82, 2.24) is 9.13 Å². The number of furan rings is 1. The van der Waals surface area contributed by atoms with Gasteiger partial charge in [-0.25, -0.2) is 4.79 Å². The molecule has 0 saturated heterocycles. The molecule has 108 valence electrons. The highest BCUT2D eigenvalue weighted by molar-refractivity contribution is 6.06. The van der Waals surface area contributed by atoms with Gasteiger partial charge in [-0.2, -0.15) is 0 Å². The zero-order valence-electron chi connectivity index (χ0n) is 11.8. The van der Waals surface area contributed by atoms with Crippen LogP contribution in [0.2, 0.25) is 0 Å². The number of carbonyl (C=O) groups excluding carboxylic acids is 1. The number of hydrogen-bond acceptors (Lipinski definition) is 3. The molecule has 0 amide bonds. The summed E-state index contributed by atoms with van der Waals surface area (Å²) in [7, 11) is 0. The first-order valence-corrected chi connectivity index (χ1v) is 6.95. The third-order valence-electron chi connectivity index (χ3n) is 3.48. The first-order valence-electron chi connectivity index (χ1n) is 6.95. The van der Waals surface area contributed by atoms with Gasteiger partial charge in [0.2, 0.25) is 0 Å². The van der Waals surface area contributed by atoms with E-state index >= 15 is 0 Å². The van der Waals surface area contributed by atoms with Crippen LogP contribution in [0.15, 0.2) is 52.1 Å². The fourth-order valence-corrected chi connectivity index (χ4v) is 2.42. The van der Waals surface area contributed by atoms with Crippen molar-refractivity contribution >= 4 is 16.8 Å². The Balaban J connectivity index is 1.88. The molecule has 0 aliphatic carbocycles. The number of aryl methyl sites for hydroxylation is 1. The molecule has 0 aliphatic heterocycles. The molecular formula is C16H16N2O3. The Hall–Kier alpha value is -2.56. The van der Waals surface area contributed by atoms with Gasteiger partial charge in [0.05, 0.1) is 12.1 Å². The van der Waals surface area contributed by atoms with Crippen molar-refractivity contribution in [3.63, 3.8) is 0 Å². The van der Waals surface area contributed by atoms with Gasteiger partial charge in [-0.3, -0.25) is 13.9 Å². The number of ketones is 1. The zero-order chi connectivity index (χ0) is 14.8. The van der Waals surface area contributed by atoms with Gasteiger partial charge in [0.25, 0.3) is 0 Å². The first kappa shape index (κ1) is 13.4. The SMILES string of the molecule is CCCn1ccn(CC(=O)c2coc3ccccc23)c1=O. The van der Waals surface area contributed by atoms with Crippen LogP contribution in [0.25, 0.3) is 11.0 Å². The van der Waals surface area contributed by atoms with Crippen LogP contribution < -0.4 is 5.69 Å². The summed E-state index contributed by atoms with van der Waals surface area (Å²) in [6.07, 6.45) is 5.70. The largest absolute Gasteiger partial charge is 0.464 e. The lowest BCUT2D eigenvalue weighted by Crippen LogP contribution is -2.26. The van der Waals surface area contributed by atoms with E-state index in [-0.39, 0.29) is 18.0 Å². The lowest BCUT2D eigenvalue weighted by Gasteiger charge is -2.00. The zero-order valence-corrected chi connectivity index (χ0v) is 11.8. The fourth-order valence-electron chi connectivity index (χ4n) is 2.42. The van der Waals surface area contributed by atoms with E-state index in [1.165, 1.54) is 10.8 Å². The molecule has 21 heavy (non-hydrogen) atoms. The fraction of sp³-hybridized carbons (Fsp3) is 0.250. The summed E-state index contributed by atoms with van der Waals surface area (Å²) in [6, 6.07) is 7.38. The molecule has 0 fully saturated rings. The molecule has 0 unspecified atom stereocenters. The van der Waals surface area contributed by atoms with Crippen molar-refractivity contribution in [3.05, 3.63) is 59.0 Å². The Labute approximate surface area is 121 Å². The van der Waals surface area contributed by atoms with E-state index in [9.17, 15) is 9.59 Å². The maximum absolute atomic E-state index is 12.4. The Morgan fingerprint density at radius 1 is 1.19 bits per heavy atom. The molecule has 0 spiro atoms. The monoisotopic (exact) mass is 284 g/mol. The minimum atomic E-state index is -0.155. The normalized spacial score (nSPS) is 11.1. The maximum atomic E-state index is 12.4. The summed E-state index contributed by atoms with van der Waals surface area (Å²) in [5.74, 6) is -0.128. The molecule has 0 bridgehead atoms. The molecule has 0 N–H and O–H groups in total.